The number of nitrogens with two attached hydrogens (primary N) is 1. The van der Waals surface area contributed by atoms with Crippen LogP contribution in [0.2, 0.25) is 0 Å². The van der Waals surface area contributed by atoms with Gasteiger partial charge in [-0.15, -0.1) is 11.3 Å². The molecule has 1 aliphatic rings. The number of hydrogen-bond donors (Lipinski definition) is 2. The number of imidazole rings is 1. The lowest BCUT2D eigenvalue weighted by atomic mass is 10.3. The zero-order valence-electron chi connectivity index (χ0n) is 15.1. The molecule has 4 heterocycles. The Kier molecular flexibility index (Phi) is 6.24. The van der Waals surface area contributed by atoms with Gasteiger partial charge < -0.3 is 20.3 Å². The Morgan fingerprint density at radius 3 is 2.55 bits per heavy atom. The summed E-state index contributed by atoms with van der Waals surface area (Å²) in [6, 6.07) is 1.73. The molecule has 0 aromatic carbocycles. The summed E-state index contributed by atoms with van der Waals surface area (Å²) in [5.41, 5.74) is 5.91. The Balaban J connectivity index is 0.000000755. The summed E-state index contributed by atoms with van der Waals surface area (Å²) >= 11 is 1.34. The van der Waals surface area contributed by atoms with Crippen molar-refractivity contribution in [3.63, 3.8) is 0 Å². The van der Waals surface area contributed by atoms with Gasteiger partial charge in [-0.05, 0) is 6.07 Å². The van der Waals surface area contributed by atoms with Crippen LogP contribution in [0.5, 0.6) is 0 Å². The minimum absolute atomic E-state index is 0.135. The van der Waals surface area contributed by atoms with Gasteiger partial charge in [0, 0.05) is 50.0 Å². The van der Waals surface area contributed by atoms with E-state index in [0.717, 1.165) is 5.82 Å². The van der Waals surface area contributed by atoms with Crippen molar-refractivity contribution in [3.8, 4) is 10.8 Å². The first-order valence-electron chi connectivity index (χ1n) is 8.49. The van der Waals surface area contributed by atoms with Crippen molar-refractivity contribution in [2.45, 2.75) is 13.0 Å². The van der Waals surface area contributed by atoms with E-state index in [2.05, 4.69) is 19.9 Å². The highest BCUT2D eigenvalue weighted by Gasteiger charge is 2.24. The molecule has 29 heavy (non-hydrogen) atoms. The number of carboxylic acid groups (broad SMARTS) is 1. The quantitative estimate of drug-likeness (QED) is 0.578. The van der Waals surface area contributed by atoms with Crippen molar-refractivity contribution >= 4 is 29.6 Å². The Bertz CT molecular complexity index is 992. The van der Waals surface area contributed by atoms with E-state index in [4.69, 9.17) is 15.6 Å². The molecule has 0 atom stereocenters. The van der Waals surface area contributed by atoms with Gasteiger partial charge in [0.05, 0.1) is 0 Å². The molecule has 0 bridgehead atoms. The topological polar surface area (TPSA) is 157 Å². The maximum atomic E-state index is 12.8. The molecule has 1 aliphatic heterocycles. The number of nitrogens with zero attached hydrogens (tertiary/aromatic N) is 6. The van der Waals surface area contributed by atoms with E-state index in [9.17, 15) is 9.59 Å². The third-order valence-corrected chi connectivity index (χ3v) is 4.93. The predicted molar refractivity (Wildman–Crippen MR) is 102 cm³/mol. The molecule has 0 unspecified atom stereocenters. The summed E-state index contributed by atoms with van der Waals surface area (Å²) in [5, 5.41) is 9.23. The molecule has 4 rings (SSSR count). The summed E-state index contributed by atoms with van der Waals surface area (Å²) < 4.78 is 1.87. The summed E-state index contributed by atoms with van der Waals surface area (Å²) in [6.07, 6.45) is 5.47. The summed E-state index contributed by atoms with van der Waals surface area (Å²) in [7, 11) is 0. The number of amides is 2. The van der Waals surface area contributed by atoms with Crippen LogP contribution in [0, 0.1) is 0 Å². The molecular formula is C17H17N7O4S. The van der Waals surface area contributed by atoms with Crippen LogP contribution in [0.3, 0.4) is 0 Å². The van der Waals surface area contributed by atoms with Crippen LogP contribution in [0.15, 0.2) is 30.0 Å². The number of fused-ring (bicyclic) bond motifs is 1. The second-order valence-electron chi connectivity index (χ2n) is 5.86. The van der Waals surface area contributed by atoms with Gasteiger partial charge in [-0.3, -0.25) is 14.4 Å². The lowest BCUT2D eigenvalue weighted by Crippen LogP contribution is -2.33. The Hall–Kier alpha value is -3.67. The lowest BCUT2D eigenvalue weighted by molar-refractivity contribution is -0.122. The number of hydrogen-bond acceptors (Lipinski definition) is 8. The second kappa shape index (κ2) is 9.01. The fourth-order valence-corrected chi connectivity index (χ4v) is 3.53. The highest BCUT2D eigenvalue weighted by molar-refractivity contribution is 7.13. The van der Waals surface area contributed by atoms with Crippen molar-refractivity contribution in [1.29, 1.82) is 0 Å². The normalized spacial score (nSPS) is 12.9. The molecular weight excluding hydrogens is 398 g/mol. The summed E-state index contributed by atoms with van der Waals surface area (Å²) in [4.78, 5) is 51.0. The Morgan fingerprint density at radius 2 is 1.86 bits per heavy atom. The van der Waals surface area contributed by atoms with Gasteiger partial charge in [0.2, 0.25) is 0 Å². The third-order valence-electron chi connectivity index (χ3n) is 4.10. The van der Waals surface area contributed by atoms with Gasteiger partial charge >= 0.3 is 0 Å². The van der Waals surface area contributed by atoms with Crippen LogP contribution in [0.4, 0.5) is 0 Å². The molecule has 0 saturated heterocycles. The number of carbonyl (C=O) groups is 3. The van der Waals surface area contributed by atoms with Gasteiger partial charge in [0.15, 0.2) is 10.8 Å². The zero-order chi connectivity index (χ0) is 20.8. The maximum absolute atomic E-state index is 12.8. The van der Waals surface area contributed by atoms with Crippen LogP contribution in [-0.2, 0) is 17.8 Å². The average molecular weight is 415 g/mol. The van der Waals surface area contributed by atoms with Crippen LogP contribution in [0.25, 0.3) is 10.8 Å². The number of thiazole rings is 1. The minimum atomic E-state index is -0.545. The minimum Gasteiger partial charge on any atom is -0.483 e. The molecule has 3 aromatic heterocycles. The van der Waals surface area contributed by atoms with Crippen molar-refractivity contribution in [1.82, 2.24) is 29.4 Å². The number of aromatic nitrogens is 5. The number of rotatable bonds is 3. The largest absolute Gasteiger partial charge is 0.483 e. The molecule has 0 spiro atoms. The monoisotopic (exact) mass is 415 g/mol. The molecule has 0 saturated carbocycles. The van der Waals surface area contributed by atoms with Crippen molar-refractivity contribution < 1.29 is 19.5 Å². The van der Waals surface area contributed by atoms with Crippen LogP contribution >= 0.6 is 11.3 Å². The molecule has 0 radical (unpaired) electrons. The molecule has 150 valence electrons. The van der Waals surface area contributed by atoms with E-state index in [1.54, 1.807) is 34.9 Å². The van der Waals surface area contributed by atoms with Crippen LogP contribution in [-0.4, -0.2) is 65.9 Å². The Labute approximate surface area is 168 Å². The summed E-state index contributed by atoms with van der Waals surface area (Å²) in [6.45, 7) is 1.32. The van der Waals surface area contributed by atoms with E-state index in [0.29, 0.717) is 42.6 Å². The van der Waals surface area contributed by atoms with E-state index < -0.39 is 5.91 Å². The van der Waals surface area contributed by atoms with Crippen molar-refractivity contribution in [3.05, 3.63) is 47.2 Å². The lowest BCUT2D eigenvalue weighted by Gasteiger charge is -2.18. The second-order valence-corrected chi connectivity index (χ2v) is 6.72. The average Bonchev–Trinajstić information content (AvgIpc) is 3.33. The molecule has 2 amide bonds. The Morgan fingerprint density at radius 1 is 1.14 bits per heavy atom. The predicted octanol–water partition coefficient (Wildman–Crippen LogP) is 0.295. The molecule has 0 aliphatic carbocycles. The maximum Gasteiger partial charge on any atom is 0.290 e. The first-order chi connectivity index (χ1) is 14.0. The smallest absolute Gasteiger partial charge is 0.290 e. The van der Waals surface area contributed by atoms with Gasteiger partial charge in [0.1, 0.15) is 17.2 Å². The molecule has 3 aromatic rings. The highest BCUT2D eigenvalue weighted by Crippen LogP contribution is 2.21. The van der Waals surface area contributed by atoms with Gasteiger partial charge in [-0.1, -0.05) is 0 Å². The van der Waals surface area contributed by atoms with Crippen LogP contribution in [0.1, 0.15) is 26.8 Å². The van der Waals surface area contributed by atoms with Gasteiger partial charge in [-0.25, -0.2) is 19.9 Å². The van der Waals surface area contributed by atoms with Gasteiger partial charge in [0.25, 0.3) is 18.3 Å². The molecule has 0 fully saturated rings. The van der Waals surface area contributed by atoms with Gasteiger partial charge in [-0.2, -0.15) is 0 Å². The highest BCUT2D eigenvalue weighted by atomic mass is 32.1. The molecule has 12 heteroatoms. The van der Waals surface area contributed by atoms with Crippen molar-refractivity contribution in [2.75, 3.05) is 13.1 Å². The SMILES string of the molecule is NC(=O)c1cn2c(n1)CCN(C(=O)c1csc(-c3ncccn3)n1)CC2.O=CO. The fraction of sp³-hybridized carbons (Fsp3) is 0.235. The van der Waals surface area contributed by atoms with E-state index in [-0.39, 0.29) is 18.1 Å². The fourth-order valence-electron chi connectivity index (χ4n) is 2.79. The summed E-state index contributed by atoms with van der Waals surface area (Å²) in [5.74, 6) is 0.582. The first kappa shape index (κ1) is 20.1. The first-order valence-corrected chi connectivity index (χ1v) is 9.37. The number of carbonyl (C=O) groups excluding carboxylic acids is 2. The van der Waals surface area contributed by atoms with Crippen molar-refractivity contribution in [2.24, 2.45) is 5.73 Å². The zero-order valence-corrected chi connectivity index (χ0v) is 15.9. The van der Waals surface area contributed by atoms with E-state index >= 15 is 0 Å². The molecule has 11 nitrogen and oxygen atoms in total. The molecule has 3 N–H and O–H groups in total. The van der Waals surface area contributed by atoms with E-state index in [1.165, 1.54) is 11.3 Å². The third kappa shape index (κ3) is 4.60. The van der Waals surface area contributed by atoms with E-state index in [1.807, 2.05) is 4.57 Å². The standard InChI is InChI=1S/C16H15N7O2S.CH2O2/c17-13(24)10-8-23-7-6-22(5-2-12(23)20-10)16(25)11-9-26-15(21-11)14-18-3-1-4-19-14;2-1-3/h1,3-4,8-9H,2,5-7H2,(H2,17,24);1H,(H,2,3). The number of primary amides is 1. The van der Waals surface area contributed by atoms with Crippen LogP contribution < -0.4 is 5.73 Å².